The molecule has 2 aromatic rings. The Kier molecular flexibility index (Phi) is 1.25. The lowest BCUT2D eigenvalue weighted by Crippen LogP contribution is -1.87. The number of pyridine rings is 1. The third-order valence-electron chi connectivity index (χ3n) is 1.59. The predicted octanol–water partition coefficient (Wildman–Crippen LogP) is 1.28. The summed E-state index contributed by atoms with van der Waals surface area (Å²) in [5, 5.41) is 9.21. The summed E-state index contributed by atoms with van der Waals surface area (Å²) in [7, 11) is 0. The molecule has 0 unspecified atom stereocenters. The third kappa shape index (κ3) is 0.805. The van der Waals surface area contributed by atoms with Crippen LogP contribution in [-0.2, 0) is 0 Å². The molecule has 0 fully saturated rings. The van der Waals surface area contributed by atoms with Crippen molar-refractivity contribution in [1.29, 1.82) is 5.26 Å². The van der Waals surface area contributed by atoms with Gasteiger partial charge < -0.3 is 10.2 Å². The molecule has 0 radical (unpaired) electrons. The second-order valence-corrected chi connectivity index (χ2v) is 2.33. The van der Waals surface area contributed by atoms with Crippen molar-refractivity contribution in [2.75, 3.05) is 5.73 Å². The summed E-state index contributed by atoms with van der Waals surface area (Å²) in [6.07, 6.45) is 1.54. The molecule has 58 valence electrons. The Morgan fingerprint density at radius 2 is 2.42 bits per heavy atom. The molecule has 0 spiro atoms. The number of nitrogens with two attached hydrogens (primary N) is 1. The topological polar surface area (TPSA) is 75.8 Å². The van der Waals surface area contributed by atoms with Crippen LogP contribution in [0.1, 0.15) is 5.76 Å². The molecule has 0 aliphatic carbocycles. The van der Waals surface area contributed by atoms with Gasteiger partial charge in [0.25, 0.3) is 0 Å². The van der Waals surface area contributed by atoms with Crippen LogP contribution in [0, 0.1) is 11.3 Å². The van der Waals surface area contributed by atoms with Crippen molar-refractivity contribution in [2.45, 2.75) is 0 Å². The molecule has 4 heteroatoms. The molecule has 0 bridgehead atoms. The van der Waals surface area contributed by atoms with E-state index in [1.165, 1.54) is 0 Å². The third-order valence-corrected chi connectivity index (χ3v) is 1.59. The van der Waals surface area contributed by atoms with E-state index < -0.39 is 0 Å². The molecule has 0 aliphatic rings. The van der Waals surface area contributed by atoms with Gasteiger partial charge in [0.05, 0.1) is 5.39 Å². The predicted molar refractivity (Wildman–Crippen MR) is 43.1 cm³/mol. The Morgan fingerprint density at radius 1 is 1.58 bits per heavy atom. The zero-order valence-electron chi connectivity index (χ0n) is 6.11. The Hall–Kier alpha value is -2.02. The van der Waals surface area contributed by atoms with Gasteiger partial charge in [-0.25, -0.2) is 4.98 Å². The van der Waals surface area contributed by atoms with Crippen LogP contribution in [0.2, 0.25) is 0 Å². The van der Waals surface area contributed by atoms with E-state index in [9.17, 15) is 0 Å². The molecule has 2 heterocycles. The van der Waals surface area contributed by atoms with Crippen LogP contribution in [0.15, 0.2) is 22.7 Å². The van der Waals surface area contributed by atoms with E-state index in [0.29, 0.717) is 16.8 Å². The van der Waals surface area contributed by atoms with Crippen LogP contribution in [0.4, 0.5) is 5.82 Å². The van der Waals surface area contributed by atoms with Gasteiger partial charge in [0, 0.05) is 12.3 Å². The van der Waals surface area contributed by atoms with E-state index >= 15 is 0 Å². The minimum Gasteiger partial charge on any atom is -0.445 e. The van der Waals surface area contributed by atoms with Gasteiger partial charge in [-0.1, -0.05) is 0 Å². The normalized spacial score (nSPS) is 9.92. The van der Waals surface area contributed by atoms with Crippen LogP contribution < -0.4 is 5.73 Å². The fraction of sp³-hybridized carbons (Fsp3) is 0. The lowest BCUT2D eigenvalue weighted by molar-refractivity contribution is 0.599. The van der Waals surface area contributed by atoms with E-state index in [-0.39, 0.29) is 5.76 Å². The number of nitrogen functional groups attached to an aromatic ring is 1. The summed E-state index contributed by atoms with van der Waals surface area (Å²) in [5.41, 5.74) is 6.14. The lowest BCUT2D eigenvalue weighted by Gasteiger charge is -1.89. The van der Waals surface area contributed by atoms with Crippen molar-refractivity contribution < 1.29 is 4.42 Å². The Balaban J connectivity index is 2.85. The fourth-order valence-corrected chi connectivity index (χ4v) is 1.04. The second-order valence-electron chi connectivity index (χ2n) is 2.33. The summed E-state index contributed by atoms with van der Waals surface area (Å²) in [5.74, 6) is 0.641. The van der Waals surface area contributed by atoms with Gasteiger partial charge in [0.2, 0.25) is 5.76 Å². The molecule has 4 nitrogen and oxygen atoms in total. The first kappa shape index (κ1) is 6.68. The van der Waals surface area contributed by atoms with Crippen molar-refractivity contribution in [3.8, 4) is 6.07 Å². The highest BCUT2D eigenvalue weighted by Crippen LogP contribution is 2.21. The number of anilines is 1. The first-order valence-electron chi connectivity index (χ1n) is 3.35. The minimum atomic E-state index is 0.254. The number of fused-ring (bicyclic) bond motifs is 1. The zero-order chi connectivity index (χ0) is 8.55. The Labute approximate surface area is 68.2 Å². The van der Waals surface area contributed by atoms with Crippen molar-refractivity contribution in [1.82, 2.24) is 4.98 Å². The molecule has 2 rings (SSSR count). The van der Waals surface area contributed by atoms with Crippen LogP contribution >= 0.6 is 0 Å². The smallest absolute Gasteiger partial charge is 0.204 e. The average Bonchev–Trinajstić information content (AvgIpc) is 2.49. The minimum absolute atomic E-state index is 0.254. The Morgan fingerprint density at radius 3 is 3.08 bits per heavy atom. The second kappa shape index (κ2) is 2.24. The van der Waals surface area contributed by atoms with E-state index in [4.69, 9.17) is 15.4 Å². The highest BCUT2D eigenvalue weighted by molar-refractivity contribution is 5.87. The van der Waals surface area contributed by atoms with Gasteiger partial charge in [-0.15, -0.1) is 0 Å². The maximum absolute atomic E-state index is 8.52. The fourth-order valence-electron chi connectivity index (χ4n) is 1.04. The molecule has 0 saturated carbocycles. The summed E-state index contributed by atoms with van der Waals surface area (Å²) < 4.78 is 5.12. The molecule has 0 amide bonds. The first-order valence-corrected chi connectivity index (χ1v) is 3.35. The van der Waals surface area contributed by atoms with Crippen molar-refractivity contribution in [3.63, 3.8) is 0 Å². The summed E-state index contributed by atoms with van der Waals surface area (Å²) in [6, 6.07) is 5.15. The number of rotatable bonds is 0. The summed E-state index contributed by atoms with van der Waals surface area (Å²) in [4.78, 5) is 3.86. The van der Waals surface area contributed by atoms with Crippen LogP contribution in [0.3, 0.4) is 0 Å². The van der Waals surface area contributed by atoms with E-state index in [1.807, 2.05) is 6.07 Å². The SMILES string of the molecule is N#Cc1cc2c(N)nccc2o1. The number of nitriles is 1. The maximum Gasteiger partial charge on any atom is 0.204 e. The number of aromatic nitrogens is 1. The van der Waals surface area contributed by atoms with Crippen LogP contribution in [0.25, 0.3) is 11.0 Å². The molecular formula is C8H5N3O. The molecule has 2 N–H and O–H groups in total. The van der Waals surface area contributed by atoms with E-state index in [1.54, 1.807) is 18.3 Å². The molecule has 0 saturated heterocycles. The van der Waals surface area contributed by atoms with Crippen LogP contribution in [0.5, 0.6) is 0 Å². The lowest BCUT2D eigenvalue weighted by atomic mass is 10.3. The van der Waals surface area contributed by atoms with Gasteiger partial charge in [-0.2, -0.15) is 5.26 Å². The van der Waals surface area contributed by atoms with Crippen molar-refractivity contribution in [2.24, 2.45) is 0 Å². The zero-order valence-corrected chi connectivity index (χ0v) is 6.11. The highest BCUT2D eigenvalue weighted by Gasteiger charge is 2.04. The van der Waals surface area contributed by atoms with Crippen LogP contribution in [-0.4, -0.2) is 4.98 Å². The number of hydrogen-bond acceptors (Lipinski definition) is 4. The number of hydrogen-bond donors (Lipinski definition) is 1. The molecule has 0 atom stereocenters. The monoisotopic (exact) mass is 159 g/mol. The molecule has 2 aromatic heterocycles. The largest absolute Gasteiger partial charge is 0.445 e. The van der Waals surface area contributed by atoms with Gasteiger partial charge >= 0.3 is 0 Å². The van der Waals surface area contributed by atoms with Gasteiger partial charge in [0.15, 0.2) is 0 Å². The molecule has 0 aliphatic heterocycles. The van der Waals surface area contributed by atoms with Gasteiger partial charge in [-0.05, 0) is 6.07 Å². The van der Waals surface area contributed by atoms with Gasteiger partial charge in [-0.3, -0.25) is 0 Å². The van der Waals surface area contributed by atoms with Crippen molar-refractivity contribution in [3.05, 3.63) is 24.1 Å². The molecular weight excluding hydrogens is 154 g/mol. The standard InChI is InChI=1S/C8H5N3O/c9-4-5-3-6-7(12-5)1-2-11-8(6)10/h1-3H,(H2,10,11). The van der Waals surface area contributed by atoms with E-state index in [2.05, 4.69) is 4.98 Å². The average molecular weight is 159 g/mol. The highest BCUT2D eigenvalue weighted by atomic mass is 16.3. The maximum atomic E-state index is 8.52. The van der Waals surface area contributed by atoms with Crippen molar-refractivity contribution >= 4 is 16.8 Å². The van der Waals surface area contributed by atoms with Gasteiger partial charge in [0.1, 0.15) is 17.5 Å². The summed E-state index contributed by atoms with van der Waals surface area (Å²) in [6.45, 7) is 0. The Bertz CT molecular complexity index is 467. The number of furan rings is 1. The molecule has 0 aromatic carbocycles. The molecule has 12 heavy (non-hydrogen) atoms. The van der Waals surface area contributed by atoms with E-state index in [0.717, 1.165) is 0 Å². The summed E-state index contributed by atoms with van der Waals surface area (Å²) >= 11 is 0. The number of nitrogens with zero attached hydrogens (tertiary/aromatic N) is 2. The first-order chi connectivity index (χ1) is 5.81. The quantitative estimate of drug-likeness (QED) is 0.628.